The number of hydrogen-bond acceptors (Lipinski definition) is 9. The fourth-order valence-electron chi connectivity index (χ4n) is 3.58. The van der Waals surface area contributed by atoms with Crippen LogP contribution in [0, 0.1) is 5.82 Å². The monoisotopic (exact) mass is 447 g/mol. The van der Waals surface area contributed by atoms with Gasteiger partial charge in [-0.2, -0.15) is 0 Å². The van der Waals surface area contributed by atoms with Gasteiger partial charge in [-0.15, -0.1) is 0 Å². The normalized spacial score (nSPS) is 28.0. The Labute approximate surface area is 179 Å². The fraction of sp³-hybridized carbons (Fsp3) is 0.238. The van der Waals surface area contributed by atoms with Gasteiger partial charge >= 0.3 is 5.97 Å². The Kier molecular flexibility index (Phi) is 5.23. The molecule has 0 amide bonds. The van der Waals surface area contributed by atoms with E-state index in [4.69, 9.17) is 9.15 Å². The summed E-state index contributed by atoms with van der Waals surface area (Å²) in [6.45, 7) is 3.63. The van der Waals surface area contributed by atoms with Gasteiger partial charge in [0.2, 0.25) is 11.7 Å². The molecule has 1 saturated heterocycles. The van der Waals surface area contributed by atoms with Crippen LogP contribution in [0.25, 0.3) is 28.6 Å². The second-order valence-corrected chi connectivity index (χ2v) is 7.30. The Morgan fingerprint density at radius 2 is 1.91 bits per heavy atom. The van der Waals surface area contributed by atoms with E-state index in [2.05, 4.69) is 11.6 Å². The average molecular weight is 447 g/mol. The molecular formula is C21H18FNO9. The number of oxazole rings is 1. The largest absolute Gasteiger partial charge is 0.508 e. The number of carboxylic acids is 1. The van der Waals surface area contributed by atoms with Crippen molar-refractivity contribution in [3.8, 4) is 17.2 Å². The summed E-state index contributed by atoms with van der Waals surface area (Å²) in [5, 5.41) is 60.0. The van der Waals surface area contributed by atoms with Crippen molar-refractivity contribution in [1.29, 1.82) is 0 Å². The topological polar surface area (TPSA) is 174 Å². The number of phenols is 1. The van der Waals surface area contributed by atoms with Crippen LogP contribution in [-0.2, 0) is 15.3 Å². The van der Waals surface area contributed by atoms with E-state index in [9.17, 15) is 39.8 Å². The van der Waals surface area contributed by atoms with Gasteiger partial charge in [-0.1, -0.05) is 12.7 Å². The second kappa shape index (κ2) is 7.65. The second-order valence-electron chi connectivity index (χ2n) is 7.30. The van der Waals surface area contributed by atoms with Crippen molar-refractivity contribution >= 4 is 23.1 Å². The van der Waals surface area contributed by atoms with Gasteiger partial charge < -0.3 is 39.8 Å². The number of nitrogens with zero attached hydrogens (tertiary/aromatic N) is 1. The van der Waals surface area contributed by atoms with Crippen molar-refractivity contribution in [2.24, 2.45) is 0 Å². The number of ether oxygens (including phenoxy) is 1. The van der Waals surface area contributed by atoms with E-state index in [0.717, 1.165) is 6.07 Å². The van der Waals surface area contributed by atoms with E-state index in [0.29, 0.717) is 0 Å². The lowest BCUT2D eigenvalue weighted by Crippen LogP contribution is -2.64. The number of aliphatic hydroxyl groups excluding tert-OH is 3. The summed E-state index contributed by atoms with van der Waals surface area (Å²) in [7, 11) is 0. The molecule has 11 heteroatoms. The van der Waals surface area contributed by atoms with E-state index >= 15 is 0 Å². The lowest BCUT2D eigenvalue weighted by atomic mass is 9.87. The van der Waals surface area contributed by atoms with Crippen LogP contribution in [0.5, 0.6) is 5.75 Å². The van der Waals surface area contributed by atoms with Gasteiger partial charge in [-0.25, -0.2) is 14.2 Å². The molecular weight excluding hydrogens is 429 g/mol. The van der Waals surface area contributed by atoms with Crippen LogP contribution in [0.15, 0.2) is 41.3 Å². The molecule has 0 radical (unpaired) electrons. The number of aliphatic hydroxyl groups is 4. The maximum Gasteiger partial charge on any atom is 0.335 e. The van der Waals surface area contributed by atoms with Gasteiger partial charge in [-0.3, -0.25) is 0 Å². The van der Waals surface area contributed by atoms with Crippen LogP contribution < -0.4 is 0 Å². The van der Waals surface area contributed by atoms with Gasteiger partial charge in [0.05, 0.1) is 5.56 Å². The first kappa shape index (κ1) is 21.9. The van der Waals surface area contributed by atoms with Crippen LogP contribution in [0.1, 0.15) is 11.1 Å². The van der Waals surface area contributed by atoms with Crippen molar-refractivity contribution in [1.82, 2.24) is 4.98 Å². The van der Waals surface area contributed by atoms with Crippen LogP contribution in [0.2, 0.25) is 0 Å². The SMILES string of the molecule is C=Cc1cc(C2(O)O[C@H](C(=O)O)[C@@H](O)[C@H](O)[C@H]2O)cc2nc(-c3ccc(O)cc3F)oc12. The van der Waals surface area contributed by atoms with Crippen molar-refractivity contribution in [3.63, 3.8) is 0 Å². The first-order valence-corrected chi connectivity index (χ1v) is 9.30. The molecule has 10 nitrogen and oxygen atoms in total. The van der Waals surface area contributed by atoms with Gasteiger partial charge in [0.25, 0.3) is 0 Å². The Morgan fingerprint density at radius 1 is 1.19 bits per heavy atom. The number of carbonyl (C=O) groups is 1. The molecule has 1 aliphatic rings. The third-order valence-corrected chi connectivity index (χ3v) is 5.27. The summed E-state index contributed by atoms with van der Waals surface area (Å²) in [5.74, 6) is -5.66. The van der Waals surface area contributed by atoms with Gasteiger partial charge in [0.15, 0.2) is 11.7 Å². The molecule has 1 aromatic heterocycles. The number of carboxylic acid groups (broad SMARTS) is 1. The highest BCUT2D eigenvalue weighted by atomic mass is 19.1. The molecule has 6 N–H and O–H groups in total. The number of phenolic OH excluding ortho intramolecular Hbond substituents is 1. The van der Waals surface area contributed by atoms with Crippen molar-refractivity contribution in [2.45, 2.75) is 30.2 Å². The summed E-state index contributed by atoms with van der Waals surface area (Å²) in [6.07, 6.45) is -6.89. The highest BCUT2D eigenvalue weighted by Crippen LogP contribution is 2.39. The van der Waals surface area contributed by atoms with Crippen LogP contribution in [0.3, 0.4) is 0 Å². The first-order valence-electron chi connectivity index (χ1n) is 9.30. The lowest BCUT2D eigenvalue weighted by molar-refractivity contribution is -0.349. The third kappa shape index (κ3) is 3.32. The molecule has 4 rings (SSSR count). The molecule has 1 unspecified atom stereocenters. The smallest absolute Gasteiger partial charge is 0.335 e. The number of fused-ring (bicyclic) bond motifs is 1. The summed E-state index contributed by atoms with van der Waals surface area (Å²) < 4.78 is 25.0. The molecule has 168 valence electrons. The van der Waals surface area contributed by atoms with E-state index < -0.39 is 42.0 Å². The number of halogens is 1. The van der Waals surface area contributed by atoms with Gasteiger partial charge in [0, 0.05) is 17.2 Å². The molecule has 32 heavy (non-hydrogen) atoms. The molecule has 0 saturated carbocycles. The number of aliphatic carboxylic acids is 1. The zero-order valence-corrected chi connectivity index (χ0v) is 16.2. The zero-order chi connectivity index (χ0) is 23.4. The third-order valence-electron chi connectivity index (χ3n) is 5.27. The summed E-state index contributed by atoms with van der Waals surface area (Å²) in [6, 6.07) is 5.81. The van der Waals surface area contributed by atoms with Crippen LogP contribution in [-0.4, -0.2) is 66.0 Å². The van der Waals surface area contributed by atoms with Crippen molar-refractivity contribution in [2.75, 3.05) is 0 Å². The molecule has 0 spiro atoms. The Bertz CT molecular complexity index is 1230. The molecule has 1 fully saturated rings. The molecule has 0 bridgehead atoms. The number of aromatic hydroxyl groups is 1. The maximum absolute atomic E-state index is 14.2. The minimum Gasteiger partial charge on any atom is -0.508 e. The van der Waals surface area contributed by atoms with E-state index in [1.54, 1.807) is 0 Å². The Morgan fingerprint density at radius 3 is 2.53 bits per heavy atom. The highest BCUT2D eigenvalue weighted by Gasteiger charge is 2.56. The van der Waals surface area contributed by atoms with Crippen LogP contribution >= 0.6 is 0 Å². The Balaban J connectivity index is 1.86. The van der Waals surface area contributed by atoms with Gasteiger partial charge in [-0.05, 0) is 24.3 Å². The maximum atomic E-state index is 14.2. The standard InChI is InChI=1S/C21H18FNO9/c1-2-8-5-9(21(30)18(27)15(26)14(25)17(32-21)20(28)29)6-13-16(8)31-19(23-13)11-4-3-10(24)7-12(11)22/h2-7,14-15,17-18,24-27,30H,1H2,(H,28,29)/t14-,15-,17-,18+,21?/m0/s1. The molecule has 2 aromatic carbocycles. The Hall–Kier alpha value is -3.35. The zero-order valence-electron chi connectivity index (χ0n) is 16.2. The van der Waals surface area contributed by atoms with Crippen molar-refractivity contribution in [3.05, 3.63) is 53.9 Å². The lowest BCUT2D eigenvalue weighted by Gasteiger charge is -2.44. The average Bonchev–Trinajstić information content (AvgIpc) is 3.17. The quantitative estimate of drug-likeness (QED) is 0.334. The number of aromatic nitrogens is 1. The van der Waals surface area contributed by atoms with E-state index in [1.165, 1.54) is 30.3 Å². The highest BCUT2D eigenvalue weighted by molar-refractivity contribution is 5.86. The van der Waals surface area contributed by atoms with E-state index in [1.807, 2.05) is 0 Å². The number of benzene rings is 2. The van der Waals surface area contributed by atoms with Crippen molar-refractivity contribution < 1.29 is 49.0 Å². The number of hydrogen-bond donors (Lipinski definition) is 6. The predicted octanol–water partition coefficient (Wildman–Crippen LogP) is 0.694. The van der Waals surface area contributed by atoms with Crippen LogP contribution in [0.4, 0.5) is 4.39 Å². The molecule has 2 heterocycles. The molecule has 1 aliphatic heterocycles. The minimum atomic E-state index is -2.74. The molecule has 0 aliphatic carbocycles. The number of rotatable bonds is 4. The summed E-state index contributed by atoms with van der Waals surface area (Å²) >= 11 is 0. The fourth-order valence-corrected chi connectivity index (χ4v) is 3.58. The summed E-state index contributed by atoms with van der Waals surface area (Å²) in [4.78, 5) is 15.6. The predicted molar refractivity (Wildman–Crippen MR) is 106 cm³/mol. The first-order chi connectivity index (χ1) is 15.1. The minimum absolute atomic E-state index is 0.0623. The molecule has 3 aromatic rings. The van der Waals surface area contributed by atoms with E-state index in [-0.39, 0.29) is 39.4 Å². The van der Waals surface area contributed by atoms with Gasteiger partial charge in [0.1, 0.15) is 35.4 Å². The molecule has 5 atom stereocenters. The summed E-state index contributed by atoms with van der Waals surface area (Å²) in [5.41, 5.74) is 0.155.